The zero-order valence-electron chi connectivity index (χ0n) is 12.8. The Hall–Kier alpha value is -0.0800. The summed E-state index contributed by atoms with van der Waals surface area (Å²) in [5, 5.41) is 8.77. The Morgan fingerprint density at radius 2 is 1.63 bits per heavy atom. The lowest BCUT2D eigenvalue weighted by Gasteiger charge is -2.34. The maximum absolute atomic E-state index is 8.77. The molecular weight excluding hydrogens is 234 g/mol. The summed E-state index contributed by atoms with van der Waals surface area (Å²) in [5.41, 5.74) is 0. The van der Waals surface area contributed by atoms with E-state index in [2.05, 4.69) is 11.8 Å². The number of fused-ring (bicyclic) bond motifs is 1. The van der Waals surface area contributed by atoms with Crippen LogP contribution in [0.3, 0.4) is 0 Å². The van der Waals surface area contributed by atoms with Gasteiger partial charge in [-0.15, -0.1) is 0 Å². The Kier molecular flexibility index (Phi) is 6.66. The third kappa shape index (κ3) is 4.46. The van der Waals surface area contributed by atoms with Crippen LogP contribution in [0.25, 0.3) is 0 Å². The van der Waals surface area contributed by atoms with Crippen molar-refractivity contribution >= 4 is 0 Å². The first kappa shape index (κ1) is 15.3. The summed E-state index contributed by atoms with van der Waals surface area (Å²) in [7, 11) is 0. The van der Waals surface area contributed by atoms with Gasteiger partial charge in [0, 0.05) is 24.7 Å². The standard InChI is InChI=1S/C17H33NO/c1-15-9-6-7-11-17-13-12-16(18(15)17)10-5-3-2-4-8-14-19/h15-17,19H,2-14H2,1H3/t15-,16+,17+/m0/s1. The van der Waals surface area contributed by atoms with Crippen LogP contribution < -0.4 is 0 Å². The van der Waals surface area contributed by atoms with E-state index in [1.165, 1.54) is 70.6 Å². The molecular formula is C17H33NO. The van der Waals surface area contributed by atoms with Gasteiger partial charge in [-0.2, -0.15) is 0 Å². The summed E-state index contributed by atoms with van der Waals surface area (Å²) in [4.78, 5) is 2.89. The summed E-state index contributed by atoms with van der Waals surface area (Å²) < 4.78 is 0. The molecule has 0 saturated carbocycles. The molecule has 0 aromatic carbocycles. The molecule has 0 unspecified atom stereocenters. The lowest BCUT2D eigenvalue weighted by atomic mass is 10.0. The number of hydrogen-bond donors (Lipinski definition) is 1. The quantitative estimate of drug-likeness (QED) is 0.702. The third-order valence-corrected chi connectivity index (χ3v) is 5.29. The maximum atomic E-state index is 8.77. The van der Waals surface area contributed by atoms with Gasteiger partial charge in [-0.3, -0.25) is 4.90 Å². The molecule has 1 N–H and O–H groups in total. The molecule has 0 radical (unpaired) electrons. The second-order valence-electron chi connectivity index (χ2n) is 6.75. The van der Waals surface area contributed by atoms with Crippen LogP contribution in [0.4, 0.5) is 0 Å². The summed E-state index contributed by atoms with van der Waals surface area (Å²) in [6, 6.07) is 2.63. The minimum atomic E-state index is 0.371. The molecule has 0 aliphatic carbocycles. The lowest BCUT2D eigenvalue weighted by Crippen LogP contribution is -2.41. The van der Waals surface area contributed by atoms with Crippen LogP contribution in [0.15, 0.2) is 0 Å². The van der Waals surface area contributed by atoms with Crippen LogP contribution in [0.1, 0.15) is 84.0 Å². The molecule has 2 rings (SSSR count). The maximum Gasteiger partial charge on any atom is 0.0431 e. The van der Waals surface area contributed by atoms with Gasteiger partial charge in [-0.05, 0) is 45.4 Å². The molecule has 0 amide bonds. The van der Waals surface area contributed by atoms with E-state index in [-0.39, 0.29) is 0 Å². The van der Waals surface area contributed by atoms with Gasteiger partial charge in [0.25, 0.3) is 0 Å². The Bertz CT molecular complexity index is 243. The van der Waals surface area contributed by atoms with E-state index in [0.717, 1.165) is 24.5 Å². The average Bonchev–Trinajstić information content (AvgIpc) is 2.72. The minimum Gasteiger partial charge on any atom is -0.396 e. The fraction of sp³-hybridized carbons (Fsp3) is 1.00. The second-order valence-corrected chi connectivity index (χ2v) is 6.75. The van der Waals surface area contributed by atoms with Crippen molar-refractivity contribution in [2.75, 3.05) is 6.61 Å². The number of hydrogen-bond acceptors (Lipinski definition) is 2. The number of aliphatic hydroxyl groups excluding tert-OH is 1. The van der Waals surface area contributed by atoms with Crippen molar-refractivity contribution < 1.29 is 5.11 Å². The third-order valence-electron chi connectivity index (χ3n) is 5.29. The summed E-state index contributed by atoms with van der Waals surface area (Å²) in [6.45, 7) is 2.83. The van der Waals surface area contributed by atoms with Gasteiger partial charge in [0.15, 0.2) is 0 Å². The van der Waals surface area contributed by atoms with E-state index < -0.39 is 0 Å². The molecule has 19 heavy (non-hydrogen) atoms. The lowest BCUT2D eigenvalue weighted by molar-refractivity contribution is 0.132. The van der Waals surface area contributed by atoms with Crippen molar-refractivity contribution in [3.05, 3.63) is 0 Å². The van der Waals surface area contributed by atoms with E-state index in [4.69, 9.17) is 5.11 Å². The van der Waals surface area contributed by atoms with Crippen molar-refractivity contribution in [2.24, 2.45) is 0 Å². The largest absolute Gasteiger partial charge is 0.396 e. The van der Waals surface area contributed by atoms with E-state index in [1.54, 1.807) is 0 Å². The molecule has 3 atom stereocenters. The number of rotatable bonds is 7. The molecule has 112 valence electrons. The van der Waals surface area contributed by atoms with Gasteiger partial charge in [-0.25, -0.2) is 0 Å². The van der Waals surface area contributed by atoms with E-state index in [9.17, 15) is 0 Å². The fourth-order valence-electron chi connectivity index (χ4n) is 4.28. The number of nitrogens with zero attached hydrogens (tertiary/aromatic N) is 1. The molecule has 0 spiro atoms. The Morgan fingerprint density at radius 3 is 2.47 bits per heavy atom. The molecule has 2 saturated heterocycles. The van der Waals surface area contributed by atoms with Crippen molar-refractivity contribution in [3.8, 4) is 0 Å². The van der Waals surface area contributed by atoms with E-state index in [0.29, 0.717) is 6.61 Å². The van der Waals surface area contributed by atoms with Crippen LogP contribution in [0.2, 0.25) is 0 Å². The Labute approximate surface area is 119 Å². The molecule has 2 nitrogen and oxygen atoms in total. The summed E-state index contributed by atoms with van der Waals surface area (Å²) in [5.74, 6) is 0. The monoisotopic (exact) mass is 267 g/mol. The number of aliphatic hydroxyl groups is 1. The highest BCUT2D eigenvalue weighted by atomic mass is 16.2. The molecule has 0 bridgehead atoms. The molecule has 2 aliphatic heterocycles. The Morgan fingerprint density at radius 1 is 0.895 bits per heavy atom. The number of unbranched alkanes of at least 4 members (excludes halogenated alkanes) is 4. The van der Waals surface area contributed by atoms with Crippen molar-refractivity contribution in [3.63, 3.8) is 0 Å². The first-order chi connectivity index (χ1) is 9.33. The zero-order chi connectivity index (χ0) is 13.5. The van der Waals surface area contributed by atoms with Gasteiger partial charge in [0.2, 0.25) is 0 Å². The highest BCUT2D eigenvalue weighted by molar-refractivity contribution is 4.92. The van der Waals surface area contributed by atoms with E-state index >= 15 is 0 Å². The zero-order valence-corrected chi connectivity index (χ0v) is 12.8. The van der Waals surface area contributed by atoms with Gasteiger partial charge in [0.05, 0.1) is 0 Å². The van der Waals surface area contributed by atoms with Crippen LogP contribution >= 0.6 is 0 Å². The fourth-order valence-corrected chi connectivity index (χ4v) is 4.28. The van der Waals surface area contributed by atoms with Gasteiger partial charge in [-0.1, -0.05) is 38.5 Å². The molecule has 0 aromatic heterocycles. The topological polar surface area (TPSA) is 23.5 Å². The van der Waals surface area contributed by atoms with Crippen LogP contribution in [-0.2, 0) is 0 Å². The van der Waals surface area contributed by atoms with Gasteiger partial charge < -0.3 is 5.11 Å². The molecule has 2 fully saturated rings. The van der Waals surface area contributed by atoms with E-state index in [1.807, 2.05) is 0 Å². The van der Waals surface area contributed by atoms with Crippen LogP contribution in [0.5, 0.6) is 0 Å². The average molecular weight is 267 g/mol. The molecule has 2 heterocycles. The normalized spacial score (nSPS) is 32.2. The van der Waals surface area contributed by atoms with Crippen LogP contribution in [-0.4, -0.2) is 34.7 Å². The molecule has 2 aliphatic rings. The molecule has 2 heteroatoms. The smallest absolute Gasteiger partial charge is 0.0431 e. The first-order valence-electron chi connectivity index (χ1n) is 8.71. The summed E-state index contributed by atoms with van der Waals surface area (Å²) >= 11 is 0. The van der Waals surface area contributed by atoms with Crippen molar-refractivity contribution in [1.29, 1.82) is 0 Å². The minimum absolute atomic E-state index is 0.371. The van der Waals surface area contributed by atoms with Crippen LogP contribution in [0, 0.1) is 0 Å². The van der Waals surface area contributed by atoms with Gasteiger partial charge >= 0.3 is 0 Å². The second kappa shape index (κ2) is 8.26. The Balaban J connectivity index is 1.68. The van der Waals surface area contributed by atoms with Crippen molar-refractivity contribution in [1.82, 2.24) is 4.90 Å². The van der Waals surface area contributed by atoms with Crippen molar-refractivity contribution in [2.45, 2.75) is 102 Å². The van der Waals surface area contributed by atoms with Gasteiger partial charge in [0.1, 0.15) is 0 Å². The first-order valence-corrected chi connectivity index (χ1v) is 8.71. The molecule has 0 aromatic rings. The summed E-state index contributed by atoms with van der Waals surface area (Å²) in [6.07, 6.45) is 16.4. The SMILES string of the molecule is C[C@H]1CCCC[C@@H]2CC[C@@H](CCCCCCCO)N21. The predicted molar refractivity (Wildman–Crippen MR) is 81.4 cm³/mol. The highest BCUT2D eigenvalue weighted by Gasteiger charge is 2.36. The predicted octanol–water partition coefficient (Wildman–Crippen LogP) is 4.11. The highest BCUT2D eigenvalue weighted by Crippen LogP contribution is 2.36.